The van der Waals surface area contributed by atoms with E-state index in [2.05, 4.69) is 43.9 Å². The summed E-state index contributed by atoms with van der Waals surface area (Å²) >= 11 is 0. The standard InChI is InChI=1S/C27H37N3O2/c1-5-7-15-23(31)19-30(17-6-2)20-25-26(22-13-9-8-10-14-22)28-29(4)27(25)32-24-16-11-12-21(3)18-24/h8-14,16,18,23,31H,5-7,15,17,19-20H2,1-4H3/t23-/m1/s1. The van der Waals surface area contributed by atoms with Gasteiger partial charge in [0.05, 0.1) is 11.7 Å². The summed E-state index contributed by atoms with van der Waals surface area (Å²) < 4.78 is 8.21. The lowest BCUT2D eigenvalue weighted by Crippen LogP contribution is -2.33. The average Bonchev–Trinajstić information content (AvgIpc) is 3.08. The normalized spacial score (nSPS) is 12.3. The van der Waals surface area contributed by atoms with Gasteiger partial charge in [-0.25, -0.2) is 4.68 Å². The van der Waals surface area contributed by atoms with Crippen molar-refractivity contribution in [3.05, 3.63) is 65.7 Å². The van der Waals surface area contributed by atoms with Crippen molar-refractivity contribution in [1.82, 2.24) is 14.7 Å². The van der Waals surface area contributed by atoms with Gasteiger partial charge in [0.15, 0.2) is 0 Å². The quantitative estimate of drug-likeness (QED) is 0.382. The molecule has 0 unspecified atom stereocenters. The molecule has 1 aromatic heterocycles. The number of benzene rings is 2. The van der Waals surface area contributed by atoms with Gasteiger partial charge < -0.3 is 9.84 Å². The van der Waals surface area contributed by atoms with Gasteiger partial charge in [0, 0.05) is 25.7 Å². The Kier molecular flexibility index (Phi) is 8.89. The number of rotatable bonds is 12. The van der Waals surface area contributed by atoms with Crippen LogP contribution in [0.25, 0.3) is 11.3 Å². The van der Waals surface area contributed by atoms with Crippen LogP contribution in [0.4, 0.5) is 0 Å². The summed E-state index contributed by atoms with van der Waals surface area (Å²) in [6.45, 7) is 8.64. The van der Waals surface area contributed by atoms with Gasteiger partial charge in [-0.3, -0.25) is 4.90 Å². The molecule has 1 atom stereocenters. The van der Waals surface area contributed by atoms with E-state index >= 15 is 0 Å². The molecule has 2 aromatic carbocycles. The van der Waals surface area contributed by atoms with Crippen LogP contribution < -0.4 is 4.74 Å². The molecule has 3 aromatic rings. The summed E-state index contributed by atoms with van der Waals surface area (Å²) in [6, 6.07) is 18.3. The van der Waals surface area contributed by atoms with Crippen LogP contribution in [0.15, 0.2) is 54.6 Å². The van der Waals surface area contributed by atoms with Gasteiger partial charge in [0.25, 0.3) is 0 Å². The summed E-state index contributed by atoms with van der Waals surface area (Å²) in [5.74, 6) is 1.55. The molecule has 172 valence electrons. The first-order chi connectivity index (χ1) is 15.5. The monoisotopic (exact) mass is 435 g/mol. The topological polar surface area (TPSA) is 50.5 Å². The van der Waals surface area contributed by atoms with Crippen LogP contribution in [0, 0.1) is 6.92 Å². The average molecular weight is 436 g/mol. The van der Waals surface area contributed by atoms with E-state index in [1.54, 1.807) is 0 Å². The molecular weight excluding hydrogens is 398 g/mol. The number of aromatic nitrogens is 2. The van der Waals surface area contributed by atoms with Crippen molar-refractivity contribution in [2.24, 2.45) is 7.05 Å². The smallest absolute Gasteiger partial charge is 0.222 e. The van der Waals surface area contributed by atoms with E-state index in [4.69, 9.17) is 9.84 Å². The molecule has 0 saturated heterocycles. The van der Waals surface area contributed by atoms with Gasteiger partial charge in [-0.15, -0.1) is 0 Å². The predicted molar refractivity (Wildman–Crippen MR) is 131 cm³/mol. The van der Waals surface area contributed by atoms with E-state index in [1.807, 2.05) is 48.1 Å². The molecule has 32 heavy (non-hydrogen) atoms. The number of nitrogens with zero attached hydrogens (tertiary/aromatic N) is 3. The fraction of sp³-hybridized carbons (Fsp3) is 0.444. The first-order valence-corrected chi connectivity index (χ1v) is 11.8. The number of aliphatic hydroxyl groups is 1. The van der Waals surface area contributed by atoms with E-state index in [1.165, 1.54) is 0 Å². The summed E-state index contributed by atoms with van der Waals surface area (Å²) in [6.07, 6.45) is 3.68. The van der Waals surface area contributed by atoms with Crippen LogP contribution in [-0.2, 0) is 13.6 Å². The van der Waals surface area contributed by atoms with E-state index in [0.29, 0.717) is 13.1 Å². The van der Waals surface area contributed by atoms with Gasteiger partial charge in [0.1, 0.15) is 11.4 Å². The van der Waals surface area contributed by atoms with Gasteiger partial charge >= 0.3 is 0 Å². The second kappa shape index (κ2) is 11.8. The second-order valence-corrected chi connectivity index (χ2v) is 8.57. The van der Waals surface area contributed by atoms with Gasteiger partial charge in [0.2, 0.25) is 5.88 Å². The largest absolute Gasteiger partial charge is 0.439 e. The SMILES string of the molecule is CCCC[C@@H](O)CN(CCC)Cc1c(-c2ccccc2)nn(C)c1Oc1cccc(C)c1. The Morgan fingerprint density at radius 1 is 1.06 bits per heavy atom. The van der Waals surface area contributed by atoms with Crippen LogP contribution in [0.5, 0.6) is 11.6 Å². The minimum atomic E-state index is -0.320. The molecule has 1 heterocycles. The van der Waals surface area contributed by atoms with Gasteiger partial charge in [-0.1, -0.05) is 69.2 Å². The molecule has 0 aliphatic heterocycles. The number of unbranched alkanes of at least 4 members (excludes halogenated alkanes) is 1. The number of aryl methyl sites for hydroxylation is 2. The summed E-state index contributed by atoms with van der Waals surface area (Å²) in [5.41, 5.74) is 4.21. The Hall–Kier alpha value is -2.63. The Labute approximate surface area is 192 Å². The Bertz CT molecular complexity index is 968. The van der Waals surface area contributed by atoms with E-state index in [-0.39, 0.29) is 6.10 Å². The third-order valence-corrected chi connectivity index (χ3v) is 5.62. The zero-order valence-electron chi connectivity index (χ0n) is 19.9. The summed E-state index contributed by atoms with van der Waals surface area (Å²) in [5, 5.41) is 15.4. The summed E-state index contributed by atoms with van der Waals surface area (Å²) in [7, 11) is 1.93. The van der Waals surface area contributed by atoms with Crippen molar-refractivity contribution >= 4 is 0 Å². The van der Waals surface area contributed by atoms with Crippen molar-refractivity contribution in [3.63, 3.8) is 0 Å². The molecule has 3 rings (SSSR count). The third kappa shape index (κ3) is 6.44. The van der Waals surface area contributed by atoms with Crippen molar-refractivity contribution in [2.45, 2.75) is 59.1 Å². The second-order valence-electron chi connectivity index (χ2n) is 8.57. The summed E-state index contributed by atoms with van der Waals surface area (Å²) in [4.78, 5) is 2.33. The number of hydrogen-bond donors (Lipinski definition) is 1. The zero-order valence-corrected chi connectivity index (χ0v) is 19.9. The molecule has 0 radical (unpaired) electrons. The molecule has 0 aliphatic rings. The van der Waals surface area contributed by atoms with Crippen molar-refractivity contribution in [1.29, 1.82) is 0 Å². The van der Waals surface area contributed by atoms with Crippen molar-refractivity contribution in [2.75, 3.05) is 13.1 Å². The molecule has 0 amide bonds. The Balaban J connectivity index is 1.96. The van der Waals surface area contributed by atoms with E-state index in [0.717, 1.165) is 66.2 Å². The minimum Gasteiger partial charge on any atom is -0.439 e. The maximum Gasteiger partial charge on any atom is 0.222 e. The highest BCUT2D eigenvalue weighted by Gasteiger charge is 2.23. The molecule has 0 spiro atoms. The van der Waals surface area contributed by atoms with Gasteiger partial charge in [-0.2, -0.15) is 5.10 Å². The maximum atomic E-state index is 10.6. The molecule has 5 nitrogen and oxygen atoms in total. The first-order valence-electron chi connectivity index (χ1n) is 11.8. The molecule has 5 heteroatoms. The van der Waals surface area contributed by atoms with Crippen LogP contribution in [0.1, 0.15) is 50.7 Å². The molecule has 1 N–H and O–H groups in total. The van der Waals surface area contributed by atoms with Crippen LogP contribution in [0.3, 0.4) is 0 Å². The molecule has 0 bridgehead atoms. The highest BCUT2D eigenvalue weighted by molar-refractivity contribution is 5.65. The van der Waals surface area contributed by atoms with Crippen LogP contribution >= 0.6 is 0 Å². The number of aliphatic hydroxyl groups excluding tert-OH is 1. The molecule has 0 aliphatic carbocycles. The first kappa shape index (κ1) is 24.0. The van der Waals surface area contributed by atoms with Crippen molar-refractivity contribution < 1.29 is 9.84 Å². The Morgan fingerprint density at radius 3 is 2.53 bits per heavy atom. The molecular formula is C27H37N3O2. The maximum absolute atomic E-state index is 10.6. The van der Waals surface area contributed by atoms with E-state index < -0.39 is 0 Å². The lowest BCUT2D eigenvalue weighted by Gasteiger charge is -2.25. The third-order valence-electron chi connectivity index (χ3n) is 5.62. The number of hydrogen-bond acceptors (Lipinski definition) is 4. The highest BCUT2D eigenvalue weighted by Crippen LogP contribution is 2.34. The minimum absolute atomic E-state index is 0.320. The van der Waals surface area contributed by atoms with E-state index in [9.17, 15) is 5.11 Å². The highest BCUT2D eigenvalue weighted by atomic mass is 16.5. The zero-order chi connectivity index (χ0) is 22.9. The Morgan fingerprint density at radius 2 is 1.84 bits per heavy atom. The fourth-order valence-electron chi connectivity index (χ4n) is 4.04. The molecule has 0 fully saturated rings. The predicted octanol–water partition coefficient (Wildman–Crippen LogP) is 5.95. The fourth-order valence-corrected chi connectivity index (χ4v) is 4.04. The number of ether oxygens (including phenoxy) is 1. The van der Waals surface area contributed by atoms with Crippen LogP contribution in [-0.4, -0.2) is 39.0 Å². The lowest BCUT2D eigenvalue weighted by molar-refractivity contribution is 0.0992. The molecule has 0 saturated carbocycles. The van der Waals surface area contributed by atoms with Gasteiger partial charge in [-0.05, 0) is 44.0 Å². The van der Waals surface area contributed by atoms with Crippen molar-refractivity contribution in [3.8, 4) is 22.9 Å². The lowest BCUT2D eigenvalue weighted by atomic mass is 10.1. The van der Waals surface area contributed by atoms with Crippen LogP contribution in [0.2, 0.25) is 0 Å².